The monoisotopic (exact) mass is 352 g/mol. The second-order valence-corrected chi connectivity index (χ2v) is 4.80. The number of nitrogens with zero attached hydrogens (tertiary/aromatic N) is 3. The Bertz CT molecular complexity index is 572. The van der Waals surface area contributed by atoms with Crippen molar-refractivity contribution in [1.82, 2.24) is 9.97 Å². The summed E-state index contributed by atoms with van der Waals surface area (Å²) in [6, 6.07) is 7.69. The predicted molar refractivity (Wildman–Crippen MR) is 71.9 cm³/mol. The van der Waals surface area contributed by atoms with Crippen LogP contribution in [0.1, 0.15) is 5.69 Å². The van der Waals surface area contributed by atoms with Crippen molar-refractivity contribution in [3.63, 3.8) is 0 Å². The van der Waals surface area contributed by atoms with Gasteiger partial charge in [0.25, 0.3) is 0 Å². The van der Waals surface area contributed by atoms with E-state index in [9.17, 15) is 0 Å². The maximum Gasteiger partial charge on any atom is 0.183 e. The number of para-hydroxylation sites is 1. The normalized spacial score (nSPS) is 9.71. The van der Waals surface area contributed by atoms with Gasteiger partial charge in [-0.2, -0.15) is 5.26 Å². The molecule has 4 nitrogen and oxygen atoms in total. The number of benzene rings is 1. The van der Waals surface area contributed by atoms with Gasteiger partial charge in [-0.3, -0.25) is 0 Å². The standard InChI is InChI=1S/C11H6Br2N4/c12-7-2-1-3-8(13)10(7)17-11-9(6-14)15-4-5-16-11/h1-5H,(H,16,17). The highest BCUT2D eigenvalue weighted by molar-refractivity contribution is 9.11. The third-order valence-corrected chi connectivity index (χ3v) is 3.33. The number of hydrogen-bond acceptors (Lipinski definition) is 4. The fourth-order valence-corrected chi connectivity index (χ4v) is 2.44. The highest BCUT2D eigenvalue weighted by Crippen LogP contribution is 2.32. The van der Waals surface area contributed by atoms with Crippen molar-refractivity contribution in [3.8, 4) is 6.07 Å². The van der Waals surface area contributed by atoms with Crippen molar-refractivity contribution in [1.29, 1.82) is 5.26 Å². The lowest BCUT2D eigenvalue weighted by molar-refractivity contribution is 1.16. The summed E-state index contributed by atoms with van der Waals surface area (Å²) >= 11 is 6.85. The van der Waals surface area contributed by atoms with E-state index in [2.05, 4.69) is 47.1 Å². The number of halogens is 2. The molecule has 0 radical (unpaired) electrons. The summed E-state index contributed by atoms with van der Waals surface area (Å²) in [5.74, 6) is 0.433. The number of nitrogens with one attached hydrogen (secondary N) is 1. The molecule has 0 amide bonds. The minimum absolute atomic E-state index is 0.259. The Hall–Kier alpha value is -1.45. The van der Waals surface area contributed by atoms with Crippen LogP contribution in [-0.4, -0.2) is 9.97 Å². The molecule has 84 valence electrons. The van der Waals surface area contributed by atoms with E-state index in [4.69, 9.17) is 5.26 Å². The molecule has 6 heteroatoms. The van der Waals surface area contributed by atoms with Crippen LogP contribution in [0.4, 0.5) is 11.5 Å². The largest absolute Gasteiger partial charge is 0.336 e. The van der Waals surface area contributed by atoms with Gasteiger partial charge in [0.05, 0.1) is 5.69 Å². The van der Waals surface area contributed by atoms with Crippen LogP contribution in [0.25, 0.3) is 0 Å². The summed E-state index contributed by atoms with van der Waals surface area (Å²) in [6.07, 6.45) is 3.02. The van der Waals surface area contributed by atoms with Gasteiger partial charge in [-0.25, -0.2) is 9.97 Å². The molecule has 1 aromatic carbocycles. The Morgan fingerprint density at radius 2 is 1.76 bits per heavy atom. The Morgan fingerprint density at radius 3 is 2.41 bits per heavy atom. The van der Waals surface area contributed by atoms with Crippen molar-refractivity contribution >= 4 is 43.4 Å². The Kier molecular flexibility index (Phi) is 3.71. The molecule has 0 bridgehead atoms. The summed E-state index contributed by atoms with van der Waals surface area (Å²) in [6.45, 7) is 0. The Labute approximate surface area is 115 Å². The first-order chi connectivity index (χ1) is 8.22. The maximum atomic E-state index is 8.92. The van der Waals surface area contributed by atoms with Gasteiger partial charge in [-0.15, -0.1) is 0 Å². The van der Waals surface area contributed by atoms with Gasteiger partial charge in [0.2, 0.25) is 0 Å². The molecule has 0 aliphatic heterocycles. The molecule has 1 aromatic heterocycles. The minimum Gasteiger partial charge on any atom is -0.336 e. The van der Waals surface area contributed by atoms with E-state index in [1.165, 1.54) is 12.4 Å². The summed E-state index contributed by atoms with van der Waals surface area (Å²) < 4.78 is 1.75. The van der Waals surface area contributed by atoms with E-state index in [-0.39, 0.29) is 5.69 Å². The van der Waals surface area contributed by atoms with Crippen molar-refractivity contribution in [2.75, 3.05) is 5.32 Å². The molecule has 2 rings (SSSR count). The number of aromatic nitrogens is 2. The molecule has 0 saturated heterocycles. The molecule has 0 fully saturated rings. The van der Waals surface area contributed by atoms with Crippen LogP contribution in [0.5, 0.6) is 0 Å². The van der Waals surface area contributed by atoms with Gasteiger partial charge in [-0.05, 0) is 44.0 Å². The van der Waals surface area contributed by atoms with Crippen LogP contribution in [0.15, 0.2) is 39.5 Å². The van der Waals surface area contributed by atoms with Crippen molar-refractivity contribution < 1.29 is 0 Å². The fourth-order valence-electron chi connectivity index (χ4n) is 1.25. The lowest BCUT2D eigenvalue weighted by Gasteiger charge is -2.10. The summed E-state index contributed by atoms with van der Waals surface area (Å²) in [7, 11) is 0. The van der Waals surface area contributed by atoms with Crippen molar-refractivity contribution in [2.24, 2.45) is 0 Å². The van der Waals surface area contributed by atoms with E-state index in [1.807, 2.05) is 24.3 Å². The molecule has 0 aliphatic carbocycles. The second-order valence-electron chi connectivity index (χ2n) is 3.09. The van der Waals surface area contributed by atoms with Crippen LogP contribution >= 0.6 is 31.9 Å². The molecule has 0 saturated carbocycles. The van der Waals surface area contributed by atoms with Crippen LogP contribution in [0.2, 0.25) is 0 Å². The van der Waals surface area contributed by atoms with Crippen LogP contribution in [0, 0.1) is 11.3 Å². The van der Waals surface area contributed by atoms with Gasteiger partial charge < -0.3 is 5.32 Å². The summed E-state index contributed by atoms with van der Waals surface area (Å²) in [5, 5.41) is 12.0. The molecule has 17 heavy (non-hydrogen) atoms. The molecule has 0 unspecified atom stereocenters. The molecule has 0 spiro atoms. The van der Waals surface area contributed by atoms with Crippen LogP contribution in [0.3, 0.4) is 0 Å². The van der Waals surface area contributed by atoms with Gasteiger partial charge in [0, 0.05) is 21.3 Å². The summed E-state index contributed by atoms with van der Waals surface area (Å²) in [5.41, 5.74) is 1.07. The zero-order chi connectivity index (χ0) is 12.3. The quantitative estimate of drug-likeness (QED) is 0.895. The van der Waals surface area contributed by atoms with Gasteiger partial charge >= 0.3 is 0 Å². The molecule has 0 aliphatic rings. The topological polar surface area (TPSA) is 61.6 Å². The van der Waals surface area contributed by atoms with Gasteiger partial charge in [-0.1, -0.05) is 6.07 Å². The average molecular weight is 354 g/mol. The molecule has 2 aromatic rings. The number of anilines is 2. The fraction of sp³-hybridized carbons (Fsp3) is 0. The lowest BCUT2D eigenvalue weighted by Crippen LogP contribution is -1.99. The van der Waals surface area contributed by atoms with Crippen LogP contribution in [-0.2, 0) is 0 Å². The number of nitriles is 1. The molecular weight excluding hydrogens is 348 g/mol. The van der Waals surface area contributed by atoms with Gasteiger partial charge in [0.1, 0.15) is 6.07 Å². The Balaban J connectivity index is 2.42. The second kappa shape index (κ2) is 5.25. The first-order valence-electron chi connectivity index (χ1n) is 4.64. The summed E-state index contributed by atoms with van der Waals surface area (Å²) in [4.78, 5) is 8.03. The number of hydrogen-bond donors (Lipinski definition) is 1. The first kappa shape index (κ1) is 12.0. The molecular formula is C11H6Br2N4. The third-order valence-electron chi connectivity index (χ3n) is 2.01. The minimum atomic E-state index is 0.259. The zero-order valence-electron chi connectivity index (χ0n) is 8.48. The molecule has 0 atom stereocenters. The van der Waals surface area contributed by atoms with Crippen LogP contribution < -0.4 is 5.32 Å². The van der Waals surface area contributed by atoms with E-state index < -0.39 is 0 Å². The average Bonchev–Trinajstić information content (AvgIpc) is 2.34. The van der Waals surface area contributed by atoms with E-state index in [0.717, 1.165) is 14.6 Å². The smallest absolute Gasteiger partial charge is 0.183 e. The van der Waals surface area contributed by atoms with E-state index in [0.29, 0.717) is 5.82 Å². The Morgan fingerprint density at radius 1 is 1.12 bits per heavy atom. The van der Waals surface area contributed by atoms with Crippen molar-refractivity contribution in [3.05, 3.63) is 45.2 Å². The molecule has 1 N–H and O–H groups in total. The highest BCUT2D eigenvalue weighted by Gasteiger charge is 2.09. The lowest BCUT2D eigenvalue weighted by atomic mass is 10.3. The first-order valence-corrected chi connectivity index (χ1v) is 6.23. The number of rotatable bonds is 2. The highest BCUT2D eigenvalue weighted by atomic mass is 79.9. The SMILES string of the molecule is N#Cc1nccnc1Nc1c(Br)cccc1Br. The molecule has 1 heterocycles. The third kappa shape index (κ3) is 2.62. The zero-order valence-corrected chi connectivity index (χ0v) is 11.7. The maximum absolute atomic E-state index is 8.92. The van der Waals surface area contributed by atoms with E-state index in [1.54, 1.807) is 0 Å². The van der Waals surface area contributed by atoms with E-state index >= 15 is 0 Å². The predicted octanol–water partition coefficient (Wildman–Crippen LogP) is 3.62. The van der Waals surface area contributed by atoms with Gasteiger partial charge in [0.15, 0.2) is 11.5 Å². The van der Waals surface area contributed by atoms with Crippen molar-refractivity contribution in [2.45, 2.75) is 0 Å².